The molecule has 1 N–H and O–H groups in total. The highest BCUT2D eigenvalue weighted by Gasteiger charge is 2.51. The van der Waals surface area contributed by atoms with Crippen molar-refractivity contribution in [3.05, 3.63) is 63.9 Å². The van der Waals surface area contributed by atoms with Crippen LogP contribution in [0.25, 0.3) is 0 Å². The van der Waals surface area contributed by atoms with E-state index in [0.717, 1.165) is 0 Å². The van der Waals surface area contributed by atoms with Crippen molar-refractivity contribution >= 4 is 49.3 Å². The quantitative estimate of drug-likeness (QED) is 0.501. The Morgan fingerprint density at radius 1 is 1.21 bits per heavy atom. The molecule has 1 heterocycles. The van der Waals surface area contributed by atoms with Gasteiger partial charge < -0.3 is 9.50 Å². The van der Waals surface area contributed by atoms with Gasteiger partial charge in [0.1, 0.15) is 11.6 Å². The van der Waals surface area contributed by atoms with E-state index in [1.165, 1.54) is 56.1 Å². The molecule has 1 unspecified atom stereocenters. The second kappa shape index (κ2) is 7.66. The minimum absolute atomic E-state index is 0.0619. The van der Waals surface area contributed by atoms with Gasteiger partial charge in [-0.15, -0.1) is 0 Å². The second-order valence-electron chi connectivity index (χ2n) is 6.83. The number of carbonyl (C=O) groups is 1. The number of benzene rings is 2. The smallest absolute Gasteiger partial charge is 0.311 e. The fourth-order valence-electron chi connectivity index (χ4n) is 2.94. The summed E-state index contributed by atoms with van der Waals surface area (Å²) in [6, 6.07) is 10.4. The van der Waals surface area contributed by atoms with Crippen LogP contribution in [0.3, 0.4) is 0 Å². The predicted octanol–water partition coefficient (Wildman–Crippen LogP) is 3.30. The number of amides is 1. The Hall–Kier alpha value is -2.04. The van der Waals surface area contributed by atoms with Gasteiger partial charge in [-0.1, -0.05) is 18.2 Å². The number of carbonyl (C=O) groups excluding carboxylic acids is 1. The maximum Gasteiger partial charge on any atom is 0.311 e. The van der Waals surface area contributed by atoms with Gasteiger partial charge in [0.05, 0.1) is 9.72 Å². The molecule has 0 saturated carbocycles. The summed E-state index contributed by atoms with van der Waals surface area (Å²) >= 11 is 8.41. The van der Waals surface area contributed by atoms with Crippen molar-refractivity contribution in [2.24, 2.45) is 0 Å². The number of rotatable bonds is 5. The molecule has 0 bridgehead atoms. The van der Waals surface area contributed by atoms with Crippen molar-refractivity contribution < 1.29 is 21.8 Å². The molecule has 6 nitrogen and oxygen atoms in total. The van der Waals surface area contributed by atoms with Crippen LogP contribution in [0.1, 0.15) is 25.0 Å². The molecule has 154 valence electrons. The highest BCUT2D eigenvalue weighted by Crippen LogP contribution is 2.38. The molecule has 0 spiro atoms. The Morgan fingerprint density at radius 2 is 1.86 bits per heavy atom. The maximum absolute atomic E-state index is 13.8. The van der Waals surface area contributed by atoms with Gasteiger partial charge in [-0.05, 0) is 77.4 Å². The molecule has 1 amide bonds. The fourth-order valence-corrected chi connectivity index (χ4v) is 4.12. The SMILES string of the molecule is CC(C)S(=O)(=O)Oc1cccc(C2(c3ccc(F)c(Br)c3)NC(=S)N(C)C2=O)c1. The number of nitrogens with one attached hydrogen (secondary N) is 1. The van der Waals surface area contributed by atoms with E-state index in [4.69, 9.17) is 16.4 Å². The third-order valence-corrected chi connectivity index (χ3v) is 7.20. The number of halogens is 2. The molecule has 10 heteroatoms. The van der Waals surface area contributed by atoms with Gasteiger partial charge in [0, 0.05) is 7.05 Å². The lowest BCUT2D eigenvalue weighted by atomic mass is 9.82. The fraction of sp³-hybridized carbons (Fsp3) is 0.263. The summed E-state index contributed by atoms with van der Waals surface area (Å²) in [5.41, 5.74) is -0.612. The second-order valence-corrected chi connectivity index (χ2v) is 10.2. The molecule has 1 atom stereocenters. The largest absolute Gasteiger partial charge is 0.382 e. The van der Waals surface area contributed by atoms with Gasteiger partial charge in [-0.3, -0.25) is 9.69 Å². The summed E-state index contributed by atoms with van der Waals surface area (Å²) in [6.45, 7) is 3.01. The Labute approximate surface area is 182 Å². The van der Waals surface area contributed by atoms with E-state index >= 15 is 0 Å². The lowest BCUT2D eigenvalue weighted by Crippen LogP contribution is -2.45. The van der Waals surface area contributed by atoms with Crippen LogP contribution in [0.15, 0.2) is 46.9 Å². The summed E-state index contributed by atoms with van der Waals surface area (Å²) in [4.78, 5) is 14.5. The van der Waals surface area contributed by atoms with E-state index in [0.29, 0.717) is 11.1 Å². The molecule has 29 heavy (non-hydrogen) atoms. The minimum atomic E-state index is -3.82. The van der Waals surface area contributed by atoms with Crippen LogP contribution in [0.2, 0.25) is 0 Å². The number of nitrogens with zero attached hydrogens (tertiary/aromatic N) is 1. The zero-order chi connectivity index (χ0) is 21.6. The minimum Gasteiger partial charge on any atom is -0.382 e. The third kappa shape index (κ3) is 3.76. The van der Waals surface area contributed by atoms with Gasteiger partial charge in [-0.2, -0.15) is 8.42 Å². The average Bonchev–Trinajstić information content (AvgIpc) is 2.89. The highest BCUT2D eigenvalue weighted by molar-refractivity contribution is 9.10. The molecule has 0 aliphatic carbocycles. The van der Waals surface area contributed by atoms with E-state index in [1.54, 1.807) is 12.1 Å². The zero-order valence-corrected chi connectivity index (χ0v) is 19.0. The zero-order valence-electron chi connectivity index (χ0n) is 15.8. The van der Waals surface area contributed by atoms with Crippen molar-refractivity contribution in [2.45, 2.75) is 24.6 Å². The number of hydrogen-bond acceptors (Lipinski definition) is 5. The first kappa shape index (κ1) is 21.7. The van der Waals surface area contributed by atoms with Gasteiger partial charge in [0.25, 0.3) is 5.91 Å². The first-order valence-corrected chi connectivity index (χ1v) is 11.3. The van der Waals surface area contributed by atoms with Gasteiger partial charge in [0.2, 0.25) is 0 Å². The normalized spacial score (nSPS) is 19.6. The van der Waals surface area contributed by atoms with Crippen LogP contribution in [-0.2, 0) is 20.5 Å². The number of likely N-dealkylation sites (N-methyl/N-ethyl adjacent to an activating group) is 1. The molecule has 2 aromatic carbocycles. The third-order valence-electron chi connectivity index (χ3n) is 4.63. The molecule has 0 aromatic heterocycles. The van der Waals surface area contributed by atoms with Crippen molar-refractivity contribution in [3.63, 3.8) is 0 Å². The van der Waals surface area contributed by atoms with Crippen molar-refractivity contribution in [1.82, 2.24) is 10.2 Å². The Bertz CT molecular complexity index is 1110. The molecule has 1 fully saturated rings. The predicted molar refractivity (Wildman–Crippen MR) is 115 cm³/mol. The molecule has 1 saturated heterocycles. The van der Waals surface area contributed by atoms with Crippen LogP contribution in [0.4, 0.5) is 4.39 Å². The Kier molecular flexibility index (Phi) is 5.72. The highest BCUT2D eigenvalue weighted by atomic mass is 79.9. The van der Waals surface area contributed by atoms with Crippen molar-refractivity contribution in [3.8, 4) is 5.75 Å². The maximum atomic E-state index is 13.8. The van der Waals surface area contributed by atoms with E-state index in [-0.39, 0.29) is 21.2 Å². The van der Waals surface area contributed by atoms with Gasteiger partial charge in [0.15, 0.2) is 10.7 Å². The topological polar surface area (TPSA) is 75.7 Å². The number of hydrogen-bond donors (Lipinski definition) is 1. The van der Waals surface area contributed by atoms with Gasteiger partial charge >= 0.3 is 10.1 Å². The lowest BCUT2D eigenvalue weighted by molar-refractivity contribution is -0.129. The summed E-state index contributed by atoms with van der Waals surface area (Å²) in [6.07, 6.45) is 0. The summed E-state index contributed by atoms with van der Waals surface area (Å²) in [7, 11) is -2.29. The Morgan fingerprint density at radius 3 is 2.41 bits per heavy atom. The van der Waals surface area contributed by atoms with Crippen LogP contribution in [0, 0.1) is 5.82 Å². The van der Waals surface area contributed by atoms with Gasteiger partial charge in [-0.25, -0.2) is 4.39 Å². The lowest BCUT2D eigenvalue weighted by Gasteiger charge is -2.28. The molecule has 1 aliphatic heterocycles. The van der Waals surface area contributed by atoms with Crippen molar-refractivity contribution in [1.29, 1.82) is 0 Å². The number of thiocarbonyl (C=S) groups is 1. The molecule has 0 radical (unpaired) electrons. The standard InChI is InChI=1S/C19H18BrFN2O4S2/c1-11(2)29(25,26)27-14-6-4-5-12(9-14)19(17(24)23(3)18(28)22-19)13-7-8-16(21)15(20)10-13/h4-11H,1-3H3,(H,22,28). The molecule has 2 aromatic rings. The van der Waals surface area contributed by atoms with Crippen molar-refractivity contribution in [2.75, 3.05) is 7.05 Å². The first-order chi connectivity index (χ1) is 13.5. The molecule has 1 aliphatic rings. The van der Waals surface area contributed by atoms with E-state index < -0.39 is 26.7 Å². The molecular formula is C19H18BrFN2O4S2. The molecular weight excluding hydrogens is 483 g/mol. The summed E-state index contributed by atoms with van der Waals surface area (Å²) < 4.78 is 43.5. The first-order valence-electron chi connectivity index (χ1n) is 8.58. The van der Waals surface area contributed by atoms with E-state index in [1.807, 2.05) is 0 Å². The Balaban J connectivity index is 2.19. The van der Waals surface area contributed by atoms with E-state index in [9.17, 15) is 17.6 Å². The van der Waals surface area contributed by atoms with Crippen LogP contribution < -0.4 is 9.50 Å². The van der Waals surface area contributed by atoms with E-state index in [2.05, 4.69) is 21.2 Å². The van der Waals surface area contributed by atoms with Crippen LogP contribution in [0.5, 0.6) is 5.75 Å². The monoisotopic (exact) mass is 500 g/mol. The van der Waals surface area contributed by atoms with Crippen LogP contribution >= 0.6 is 28.1 Å². The average molecular weight is 501 g/mol. The molecule has 3 rings (SSSR count). The summed E-state index contributed by atoms with van der Waals surface area (Å²) in [5.74, 6) is -0.804. The summed E-state index contributed by atoms with van der Waals surface area (Å²) in [5, 5.41) is 2.47. The van der Waals surface area contributed by atoms with Crippen LogP contribution in [-0.4, -0.2) is 36.6 Å².